The van der Waals surface area contributed by atoms with Crippen LogP contribution in [0.1, 0.15) is 0 Å². The van der Waals surface area contributed by atoms with Crippen LogP contribution in [0.4, 0.5) is 10.1 Å². The Labute approximate surface area is 157 Å². The van der Waals surface area contributed by atoms with Gasteiger partial charge in [0, 0.05) is 5.02 Å². The number of anilines is 1. The lowest BCUT2D eigenvalue weighted by Crippen LogP contribution is -2.15. The van der Waals surface area contributed by atoms with Crippen LogP contribution < -0.4 is 10.1 Å². The van der Waals surface area contributed by atoms with Crippen LogP contribution in [0.2, 0.25) is 5.02 Å². The summed E-state index contributed by atoms with van der Waals surface area (Å²) >= 11 is 6.92. The van der Waals surface area contributed by atoms with Crippen LogP contribution in [-0.2, 0) is 4.79 Å². The number of hydrogen-bond donors (Lipinski definition) is 1. The second kappa shape index (κ2) is 8.15. The molecule has 0 aliphatic carbocycles. The van der Waals surface area contributed by atoms with Crippen molar-refractivity contribution in [2.45, 2.75) is 5.16 Å². The number of methoxy groups -OCH3 is 1. The molecule has 1 amide bonds. The molecule has 3 aromatic rings. The zero-order valence-electron chi connectivity index (χ0n) is 13.5. The van der Waals surface area contributed by atoms with E-state index in [2.05, 4.69) is 20.8 Å². The summed E-state index contributed by atoms with van der Waals surface area (Å²) in [6.07, 6.45) is 0. The third kappa shape index (κ3) is 4.12. The van der Waals surface area contributed by atoms with Gasteiger partial charge in [-0.1, -0.05) is 35.5 Å². The van der Waals surface area contributed by atoms with E-state index in [1.165, 1.54) is 22.9 Å². The molecule has 134 valence electrons. The molecule has 3 rings (SSSR count). The minimum Gasteiger partial charge on any atom is -0.494 e. The van der Waals surface area contributed by atoms with E-state index in [0.29, 0.717) is 21.6 Å². The summed E-state index contributed by atoms with van der Waals surface area (Å²) in [4.78, 5) is 12.1. The Hall–Kier alpha value is -2.65. The Balaban J connectivity index is 1.70. The van der Waals surface area contributed by atoms with Crippen LogP contribution in [-0.4, -0.2) is 39.0 Å². The van der Waals surface area contributed by atoms with Gasteiger partial charge in [-0.15, -0.1) is 5.10 Å². The van der Waals surface area contributed by atoms with E-state index in [-0.39, 0.29) is 11.4 Å². The van der Waals surface area contributed by atoms with Gasteiger partial charge in [0.15, 0.2) is 0 Å². The average molecular weight is 394 g/mol. The van der Waals surface area contributed by atoms with E-state index < -0.39 is 11.7 Å². The highest BCUT2D eigenvalue weighted by molar-refractivity contribution is 7.99. The van der Waals surface area contributed by atoms with E-state index in [4.69, 9.17) is 16.3 Å². The first-order valence-electron chi connectivity index (χ1n) is 7.38. The monoisotopic (exact) mass is 393 g/mol. The molecule has 2 aromatic carbocycles. The van der Waals surface area contributed by atoms with Gasteiger partial charge in [-0.25, -0.2) is 4.39 Å². The third-order valence-electron chi connectivity index (χ3n) is 3.29. The number of ether oxygens (including phenoxy) is 1. The molecular formula is C16H13ClFN5O2S. The molecule has 26 heavy (non-hydrogen) atoms. The topological polar surface area (TPSA) is 81.9 Å². The Kier molecular flexibility index (Phi) is 5.69. The van der Waals surface area contributed by atoms with E-state index in [0.717, 1.165) is 11.8 Å². The largest absolute Gasteiger partial charge is 0.494 e. The molecule has 7 nitrogen and oxygen atoms in total. The van der Waals surface area contributed by atoms with Gasteiger partial charge in [-0.3, -0.25) is 4.79 Å². The van der Waals surface area contributed by atoms with Crippen molar-refractivity contribution in [3.8, 4) is 11.4 Å². The summed E-state index contributed by atoms with van der Waals surface area (Å²) in [5, 5.41) is 14.7. The highest BCUT2D eigenvalue weighted by Gasteiger charge is 2.15. The number of amides is 1. The van der Waals surface area contributed by atoms with Gasteiger partial charge in [-0.2, -0.15) is 4.68 Å². The van der Waals surface area contributed by atoms with Gasteiger partial charge in [0.25, 0.3) is 0 Å². The van der Waals surface area contributed by atoms with E-state index >= 15 is 0 Å². The van der Waals surface area contributed by atoms with Crippen LogP contribution in [0, 0.1) is 5.82 Å². The first kappa shape index (κ1) is 18.2. The zero-order valence-corrected chi connectivity index (χ0v) is 15.1. The van der Waals surface area contributed by atoms with Crippen LogP contribution in [0.15, 0.2) is 47.6 Å². The molecule has 0 saturated heterocycles. The smallest absolute Gasteiger partial charge is 0.234 e. The van der Waals surface area contributed by atoms with Gasteiger partial charge in [0.2, 0.25) is 11.1 Å². The molecule has 1 heterocycles. The molecule has 0 spiro atoms. The fourth-order valence-electron chi connectivity index (χ4n) is 2.13. The fraction of sp³-hybridized carbons (Fsp3) is 0.125. The van der Waals surface area contributed by atoms with Crippen LogP contribution >= 0.6 is 23.4 Å². The van der Waals surface area contributed by atoms with Gasteiger partial charge in [0.05, 0.1) is 18.6 Å². The van der Waals surface area contributed by atoms with Crippen molar-refractivity contribution in [1.82, 2.24) is 20.2 Å². The summed E-state index contributed by atoms with van der Waals surface area (Å²) in [6, 6.07) is 11.2. The SMILES string of the molecule is COc1ccccc1-n1nnnc1SCC(=O)Nc1cc(Cl)ccc1F. The maximum atomic E-state index is 13.7. The molecule has 10 heteroatoms. The van der Waals surface area contributed by atoms with E-state index in [1.807, 2.05) is 12.1 Å². The minimum atomic E-state index is -0.563. The molecule has 0 saturated carbocycles. The van der Waals surface area contributed by atoms with E-state index in [1.54, 1.807) is 19.2 Å². The number of para-hydroxylation sites is 2. The fourth-order valence-corrected chi connectivity index (χ4v) is 2.99. The van der Waals surface area contributed by atoms with Gasteiger partial charge in [-0.05, 0) is 40.8 Å². The van der Waals surface area contributed by atoms with Crippen molar-refractivity contribution in [3.05, 3.63) is 53.3 Å². The second-order valence-corrected chi connectivity index (χ2v) is 6.39. The number of nitrogens with one attached hydrogen (secondary N) is 1. The number of benzene rings is 2. The molecule has 0 unspecified atom stereocenters. The summed E-state index contributed by atoms with van der Waals surface area (Å²) < 4.78 is 20.4. The first-order valence-corrected chi connectivity index (χ1v) is 8.74. The Bertz CT molecular complexity index is 937. The Morgan fingerprint density at radius 3 is 2.96 bits per heavy atom. The molecule has 0 bridgehead atoms. The maximum absolute atomic E-state index is 13.7. The van der Waals surface area contributed by atoms with Gasteiger partial charge < -0.3 is 10.1 Å². The number of halogens is 2. The average Bonchev–Trinajstić information content (AvgIpc) is 3.11. The van der Waals surface area contributed by atoms with Crippen LogP contribution in [0.25, 0.3) is 5.69 Å². The number of hydrogen-bond acceptors (Lipinski definition) is 6. The zero-order chi connectivity index (χ0) is 18.5. The van der Waals surface area contributed by atoms with Gasteiger partial charge >= 0.3 is 0 Å². The number of carbonyl (C=O) groups excluding carboxylic acids is 1. The van der Waals surface area contributed by atoms with Gasteiger partial charge in [0.1, 0.15) is 17.3 Å². The number of carbonyl (C=O) groups is 1. The van der Waals surface area contributed by atoms with Crippen molar-refractivity contribution in [2.24, 2.45) is 0 Å². The molecule has 1 aromatic heterocycles. The number of rotatable bonds is 6. The summed E-state index contributed by atoms with van der Waals surface area (Å²) in [6.45, 7) is 0. The lowest BCUT2D eigenvalue weighted by molar-refractivity contribution is -0.113. The van der Waals surface area contributed by atoms with Crippen LogP contribution in [0.3, 0.4) is 0 Å². The van der Waals surface area contributed by atoms with Crippen molar-refractivity contribution in [3.63, 3.8) is 0 Å². The summed E-state index contributed by atoms with van der Waals surface area (Å²) in [5.74, 6) is -0.397. The third-order valence-corrected chi connectivity index (χ3v) is 4.44. The normalized spacial score (nSPS) is 10.6. The molecule has 1 N–H and O–H groups in total. The molecule has 0 fully saturated rings. The van der Waals surface area contributed by atoms with Crippen molar-refractivity contribution >= 4 is 35.0 Å². The predicted octanol–water partition coefficient (Wildman–Crippen LogP) is 3.19. The molecule has 0 aliphatic heterocycles. The lowest BCUT2D eigenvalue weighted by Gasteiger charge is -2.09. The van der Waals surface area contributed by atoms with Crippen molar-refractivity contribution in [2.75, 3.05) is 18.2 Å². The summed E-state index contributed by atoms with van der Waals surface area (Å²) in [7, 11) is 1.54. The summed E-state index contributed by atoms with van der Waals surface area (Å²) in [5.41, 5.74) is 0.663. The predicted molar refractivity (Wildman–Crippen MR) is 96.5 cm³/mol. The van der Waals surface area contributed by atoms with Crippen molar-refractivity contribution < 1.29 is 13.9 Å². The Morgan fingerprint density at radius 2 is 2.15 bits per heavy atom. The molecule has 0 radical (unpaired) electrons. The number of nitrogens with zero attached hydrogens (tertiary/aromatic N) is 4. The standard InChI is InChI=1S/C16H13ClFN5O2S/c1-25-14-5-3-2-4-13(14)23-16(20-21-22-23)26-9-15(24)19-12-8-10(17)6-7-11(12)18/h2-8H,9H2,1H3,(H,19,24). The Morgan fingerprint density at radius 1 is 1.35 bits per heavy atom. The minimum absolute atomic E-state index is 0.0124. The highest BCUT2D eigenvalue weighted by atomic mass is 35.5. The highest BCUT2D eigenvalue weighted by Crippen LogP contribution is 2.26. The van der Waals surface area contributed by atoms with Crippen molar-refractivity contribution in [1.29, 1.82) is 0 Å². The molecule has 0 aliphatic rings. The quantitative estimate of drug-likeness (QED) is 0.648. The van der Waals surface area contributed by atoms with Crippen LogP contribution in [0.5, 0.6) is 5.75 Å². The first-order chi connectivity index (χ1) is 12.6. The van der Waals surface area contributed by atoms with E-state index in [9.17, 15) is 9.18 Å². The maximum Gasteiger partial charge on any atom is 0.234 e. The number of tetrazole rings is 1. The lowest BCUT2D eigenvalue weighted by atomic mass is 10.3. The number of aromatic nitrogens is 4. The second-order valence-electron chi connectivity index (χ2n) is 5.01. The molecule has 0 atom stereocenters. The number of thioether (sulfide) groups is 1. The molecular weight excluding hydrogens is 381 g/mol.